The van der Waals surface area contributed by atoms with Gasteiger partial charge in [-0.15, -0.1) is 0 Å². The van der Waals surface area contributed by atoms with E-state index in [0.717, 1.165) is 13.2 Å². The molecular formula is C10H21NO. The van der Waals surface area contributed by atoms with Crippen molar-refractivity contribution in [1.82, 2.24) is 5.32 Å². The number of hydrogen-bond donors (Lipinski definition) is 1. The molecule has 0 saturated carbocycles. The van der Waals surface area contributed by atoms with Crippen molar-refractivity contribution in [2.75, 3.05) is 13.2 Å². The Morgan fingerprint density at radius 1 is 1.17 bits per heavy atom. The first-order valence-corrected chi connectivity index (χ1v) is 4.98. The van der Waals surface area contributed by atoms with Crippen molar-refractivity contribution < 1.29 is 4.74 Å². The average molecular weight is 171 g/mol. The van der Waals surface area contributed by atoms with Gasteiger partial charge < -0.3 is 10.1 Å². The molecule has 1 N–H and O–H groups in total. The molecule has 0 spiro atoms. The van der Waals surface area contributed by atoms with E-state index in [1.54, 1.807) is 0 Å². The maximum Gasteiger partial charge on any atom is 0.0753 e. The summed E-state index contributed by atoms with van der Waals surface area (Å²) in [6.45, 7) is 10.8. The molecule has 2 heteroatoms. The molecule has 1 fully saturated rings. The average Bonchev–Trinajstić information content (AvgIpc) is 2.04. The summed E-state index contributed by atoms with van der Waals surface area (Å²) in [5, 5.41) is 3.52. The summed E-state index contributed by atoms with van der Waals surface area (Å²) in [5.41, 5.74) is 0. The van der Waals surface area contributed by atoms with Crippen molar-refractivity contribution in [2.24, 2.45) is 11.8 Å². The van der Waals surface area contributed by atoms with Crippen LogP contribution in [-0.2, 0) is 4.74 Å². The van der Waals surface area contributed by atoms with Gasteiger partial charge in [0.15, 0.2) is 0 Å². The molecule has 2 atom stereocenters. The van der Waals surface area contributed by atoms with Crippen molar-refractivity contribution in [3.05, 3.63) is 0 Å². The van der Waals surface area contributed by atoms with Gasteiger partial charge in [0.2, 0.25) is 0 Å². The molecule has 0 aromatic heterocycles. The summed E-state index contributed by atoms with van der Waals surface area (Å²) in [7, 11) is 0. The highest BCUT2D eigenvalue weighted by molar-refractivity contribution is 4.84. The summed E-state index contributed by atoms with van der Waals surface area (Å²) in [4.78, 5) is 0. The first-order valence-electron chi connectivity index (χ1n) is 4.98. The standard InChI is InChI=1S/C10H21NO/c1-7(2)9-10(8(3)4)12-6-5-11-9/h7-11H,5-6H2,1-4H3. The smallest absolute Gasteiger partial charge is 0.0753 e. The van der Waals surface area contributed by atoms with Crippen molar-refractivity contribution in [3.8, 4) is 0 Å². The van der Waals surface area contributed by atoms with Gasteiger partial charge in [-0.25, -0.2) is 0 Å². The fourth-order valence-electron chi connectivity index (χ4n) is 1.86. The molecule has 72 valence electrons. The lowest BCUT2D eigenvalue weighted by Gasteiger charge is -2.37. The minimum absolute atomic E-state index is 0.402. The van der Waals surface area contributed by atoms with Crippen LogP contribution in [0.25, 0.3) is 0 Å². The van der Waals surface area contributed by atoms with Crippen LogP contribution >= 0.6 is 0 Å². The van der Waals surface area contributed by atoms with Crippen LogP contribution in [0.3, 0.4) is 0 Å². The highest BCUT2D eigenvalue weighted by Gasteiger charge is 2.29. The third-order valence-corrected chi connectivity index (χ3v) is 2.52. The lowest BCUT2D eigenvalue weighted by atomic mass is 9.90. The van der Waals surface area contributed by atoms with Gasteiger partial charge in [0, 0.05) is 12.6 Å². The van der Waals surface area contributed by atoms with Gasteiger partial charge in [-0.1, -0.05) is 27.7 Å². The Labute approximate surface area is 75.7 Å². The van der Waals surface area contributed by atoms with E-state index >= 15 is 0 Å². The molecule has 1 aliphatic heterocycles. The molecule has 0 radical (unpaired) electrons. The topological polar surface area (TPSA) is 21.3 Å². The van der Waals surface area contributed by atoms with Crippen molar-refractivity contribution >= 4 is 0 Å². The SMILES string of the molecule is CC(C)C1NCCOC1C(C)C. The van der Waals surface area contributed by atoms with Crippen molar-refractivity contribution in [1.29, 1.82) is 0 Å². The summed E-state index contributed by atoms with van der Waals surface area (Å²) in [6.07, 6.45) is 0.402. The molecule has 1 saturated heterocycles. The number of hydrogen-bond acceptors (Lipinski definition) is 2. The third-order valence-electron chi connectivity index (χ3n) is 2.52. The van der Waals surface area contributed by atoms with Crippen LogP contribution < -0.4 is 5.32 Å². The molecule has 0 amide bonds. The molecule has 0 aromatic carbocycles. The molecule has 2 nitrogen and oxygen atoms in total. The van der Waals surface area contributed by atoms with Crippen LogP contribution in [0, 0.1) is 11.8 Å². The number of morpholine rings is 1. The van der Waals surface area contributed by atoms with E-state index in [9.17, 15) is 0 Å². The monoisotopic (exact) mass is 171 g/mol. The van der Waals surface area contributed by atoms with E-state index in [4.69, 9.17) is 4.74 Å². The molecule has 1 rings (SSSR count). The predicted octanol–water partition coefficient (Wildman–Crippen LogP) is 1.66. The van der Waals surface area contributed by atoms with Crippen LogP contribution in [0.1, 0.15) is 27.7 Å². The zero-order chi connectivity index (χ0) is 9.14. The fraction of sp³-hybridized carbons (Fsp3) is 1.00. The van der Waals surface area contributed by atoms with E-state index in [1.165, 1.54) is 0 Å². The van der Waals surface area contributed by atoms with Crippen molar-refractivity contribution in [2.45, 2.75) is 39.8 Å². The Morgan fingerprint density at radius 2 is 1.83 bits per heavy atom. The first-order chi connectivity index (χ1) is 5.63. The maximum absolute atomic E-state index is 5.75. The third kappa shape index (κ3) is 2.20. The molecule has 0 aromatic rings. The zero-order valence-corrected chi connectivity index (χ0v) is 8.63. The van der Waals surface area contributed by atoms with E-state index in [-0.39, 0.29) is 0 Å². The zero-order valence-electron chi connectivity index (χ0n) is 8.63. The van der Waals surface area contributed by atoms with Gasteiger partial charge in [0.25, 0.3) is 0 Å². The second-order valence-electron chi connectivity index (χ2n) is 4.30. The predicted molar refractivity (Wildman–Crippen MR) is 51.2 cm³/mol. The lowest BCUT2D eigenvalue weighted by Crippen LogP contribution is -2.53. The lowest BCUT2D eigenvalue weighted by molar-refractivity contribution is -0.0423. The van der Waals surface area contributed by atoms with Crippen LogP contribution in [-0.4, -0.2) is 25.3 Å². The van der Waals surface area contributed by atoms with Crippen molar-refractivity contribution in [3.63, 3.8) is 0 Å². The first kappa shape index (κ1) is 10.0. The van der Waals surface area contributed by atoms with E-state index in [0.29, 0.717) is 24.0 Å². The number of ether oxygens (including phenoxy) is 1. The van der Waals surface area contributed by atoms with Crippen LogP contribution in [0.5, 0.6) is 0 Å². The van der Waals surface area contributed by atoms with E-state index in [1.807, 2.05) is 0 Å². The Hall–Kier alpha value is -0.0800. The Bertz CT molecular complexity index is 118. The highest BCUT2D eigenvalue weighted by atomic mass is 16.5. The fourth-order valence-corrected chi connectivity index (χ4v) is 1.86. The molecule has 0 aliphatic carbocycles. The normalized spacial score (nSPS) is 31.5. The summed E-state index contributed by atoms with van der Waals surface area (Å²) < 4.78 is 5.75. The van der Waals surface area contributed by atoms with E-state index in [2.05, 4.69) is 33.0 Å². The van der Waals surface area contributed by atoms with Gasteiger partial charge in [0.05, 0.1) is 12.7 Å². The van der Waals surface area contributed by atoms with E-state index < -0.39 is 0 Å². The Kier molecular flexibility index (Phi) is 3.53. The largest absolute Gasteiger partial charge is 0.375 e. The molecule has 0 bridgehead atoms. The summed E-state index contributed by atoms with van der Waals surface area (Å²) in [6, 6.07) is 0.541. The molecular weight excluding hydrogens is 150 g/mol. The molecule has 2 unspecified atom stereocenters. The van der Waals surface area contributed by atoms with Gasteiger partial charge in [-0.05, 0) is 11.8 Å². The van der Waals surface area contributed by atoms with Gasteiger partial charge in [0.1, 0.15) is 0 Å². The minimum Gasteiger partial charge on any atom is -0.375 e. The summed E-state index contributed by atoms with van der Waals surface area (Å²) >= 11 is 0. The van der Waals surface area contributed by atoms with Crippen LogP contribution in [0.15, 0.2) is 0 Å². The van der Waals surface area contributed by atoms with Gasteiger partial charge in [-0.2, -0.15) is 0 Å². The quantitative estimate of drug-likeness (QED) is 0.682. The minimum atomic E-state index is 0.402. The Morgan fingerprint density at radius 3 is 2.25 bits per heavy atom. The number of nitrogens with one attached hydrogen (secondary N) is 1. The maximum atomic E-state index is 5.75. The highest BCUT2D eigenvalue weighted by Crippen LogP contribution is 2.19. The van der Waals surface area contributed by atoms with Crippen LogP contribution in [0.4, 0.5) is 0 Å². The van der Waals surface area contributed by atoms with Crippen LogP contribution in [0.2, 0.25) is 0 Å². The molecule has 12 heavy (non-hydrogen) atoms. The second-order valence-corrected chi connectivity index (χ2v) is 4.30. The second kappa shape index (κ2) is 4.24. The Balaban J connectivity index is 2.54. The summed E-state index contributed by atoms with van der Waals surface area (Å²) in [5.74, 6) is 1.28. The van der Waals surface area contributed by atoms with Gasteiger partial charge >= 0.3 is 0 Å². The molecule has 1 aliphatic rings. The van der Waals surface area contributed by atoms with Gasteiger partial charge in [-0.3, -0.25) is 0 Å². The molecule has 1 heterocycles. The number of rotatable bonds is 2.